The van der Waals surface area contributed by atoms with Gasteiger partial charge >= 0.3 is 11.6 Å². The molecular formula is C19H12N2O3S. The van der Waals surface area contributed by atoms with Crippen molar-refractivity contribution < 1.29 is 9.21 Å². The van der Waals surface area contributed by atoms with Gasteiger partial charge in [-0.25, -0.2) is 4.79 Å². The number of ketones is 1. The van der Waals surface area contributed by atoms with E-state index in [2.05, 4.69) is 10.3 Å². The van der Waals surface area contributed by atoms with Gasteiger partial charge in [0.25, 0.3) is 0 Å². The van der Waals surface area contributed by atoms with Crippen molar-refractivity contribution in [3.8, 4) is 0 Å². The van der Waals surface area contributed by atoms with Crippen LogP contribution in [-0.4, -0.2) is 10.8 Å². The first-order chi connectivity index (χ1) is 12.2. The second kappa shape index (κ2) is 6.33. The van der Waals surface area contributed by atoms with Crippen LogP contribution < -0.4 is 10.9 Å². The number of nitrogens with one attached hydrogen (secondary N) is 1. The zero-order valence-electron chi connectivity index (χ0n) is 12.9. The van der Waals surface area contributed by atoms with E-state index >= 15 is 0 Å². The summed E-state index contributed by atoms with van der Waals surface area (Å²) < 4.78 is 5.16. The van der Waals surface area contributed by atoms with Crippen LogP contribution in [0.3, 0.4) is 0 Å². The van der Waals surface area contributed by atoms with Gasteiger partial charge in [0.05, 0.1) is 5.39 Å². The fourth-order valence-corrected chi connectivity index (χ4v) is 3.19. The third-order valence-corrected chi connectivity index (χ3v) is 4.50. The van der Waals surface area contributed by atoms with Gasteiger partial charge in [-0.3, -0.25) is 4.79 Å². The summed E-state index contributed by atoms with van der Waals surface area (Å²) in [4.78, 5) is 29.1. The number of carbonyl (C=O) groups excluding carboxylic acids is 1. The molecule has 0 amide bonds. The van der Waals surface area contributed by atoms with Crippen LogP contribution in [0.1, 0.15) is 15.9 Å². The summed E-state index contributed by atoms with van der Waals surface area (Å²) >= 11 is 1.37. The molecule has 0 saturated heterocycles. The van der Waals surface area contributed by atoms with Gasteiger partial charge < -0.3 is 9.73 Å². The highest BCUT2D eigenvalue weighted by atomic mass is 32.1. The maximum Gasteiger partial charge on any atom is 0.349 e. The van der Waals surface area contributed by atoms with Crippen LogP contribution in [0.25, 0.3) is 10.2 Å². The summed E-state index contributed by atoms with van der Waals surface area (Å²) in [6.45, 7) is 0. The molecule has 1 N–H and O–H groups in total. The number of hydrogen-bond donors (Lipinski definition) is 1. The first-order valence-corrected chi connectivity index (χ1v) is 8.44. The first-order valence-electron chi connectivity index (χ1n) is 7.56. The summed E-state index contributed by atoms with van der Waals surface area (Å²) in [6.07, 6.45) is 0. The Kier molecular flexibility index (Phi) is 3.87. The van der Waals surface area contributed by atoms with Crippen LogP contribution in [-0.2, 0) is 0 Å². The zero-order chi connectivity index (χ0) is 17.2. The number of carbonyl (C=O) groups is 1. The minimum absolute atomic E-state index is 0.0446. The summed E-state index contributed by atoms with van der Waals surface area (Å²) in [5.74, 6) is -0.0446. The maximum absolute atomic E-state index is 12.4. The molecule has 0 radical (unpaired) electrons. The third kappa shape index (κ3) is 3.07. The molecule has 0 unspecified atom stereocenters. The molecule has 0 aliphatic heterocycles. The topological polar surface area (TPSA) is 72.2 Å². The van der Waals surface area contributed by atoms with Crippen molar-refractivity contribution >= 4 is 39.0 Å². The SMILES string of the molecule is O=C(c1ccccc1)c1ccc(Nc2nc3sccc3c(=O)o2)cc1. The van der Waals surface area contributed by atoms with E-state index < -0.39 is 5.63 Å². The summed E-state index contributed by atoms with van der Waals surface area (Å²) in [6, 6.07) is 17.8. The molecule has 4 aromatic rings. The average Bonchev–Trinajstić information content (AvgIpc) is 3.12. The van der Waals surface area contributed by atoms with E-state index in [-0.39, 0.29) is 11.8 Å². The smallest absolute Gasteiger partial charge is 0.349 e. The highest BCUT2D eigenvalue weighted by Crippen LogP contribution is 2.20. The Morgan fingerprint density at radius 2 is 1.68 bits per heavy atom. The van der Waals surface area contributed by atoms with E-state index in [4.69, 9.17) is 4.42 Å². The van der Waals surface area contributed by atoms with Gasteiger partial charge in [-0.2, -0.15) is 4.98 Å². The van der Waals surface area contributed by atoms with E-state index in [1.54, 1.807) is 47.8 Å². The van der Waals surface area contributed by atoms with Crippen LogP contribution in [0.4, 0.5) is 11.7 Å². The number of rotatable bonds is 4. The predicted octanol–water partition coefficient (Wildman–Crippen LogP) is 4.22. The molecule has 2 heterocycles. The lowest BCUT2D eigenvalue weighted by molar-refractivity contribution is 0.103. The Balaban J connectivity index is 1.57. The fourth-order valence-electron chi connectivity index (χ4n) is 2.44. The van der Waals surface area contributed by atoms with E-state index in [1.165, 1.54) is 11.3 Å². The van der Waals surface area contributed by atoms with Crippen LogP contribution in [0.5, 0.6) is 0 Å². The Morgan fingerprint density at radius 3 is 2.44 bits per heavy atom. The van der Waals surface area contributed by atoms with Crippen LogP contribution >= 0.6 is 11.3 Å². The third-order valence-electron chi connectivity index (χ3n) is 3.69. The van der Waals surface area contributed by atoms with Crippen molar-refractivity contribution in [2.75, 3.05) is 5.32 Å². The van der Waals surface area contributed by atoms with E-state index in [1.807, 2.05) is 18.2 Å². The number of benzene rings is 2. The Bertz CT molecular complexity index is 1100. The van der Waals surface area contributed by atoms with Crippen molar-refractivity contribution in [2.24, 2.45) is 0 Å². The second-order valence-corrected chi connectivity index (χ2v) is 6.24. The zero-order valence-corrected chi connectivity index (χ0v) is 13.7. The maximum atomic E-state index is 12.4. The molecule has 0 aliphatic carbocycles. The van der Waals surface area contributed by atoms with Crippen molar-refractivity contribution in [3.05, 3.63) is 87.6 Å². The van der Waals surface area contributed by atoms with Gasteiger partial charge in [-0.15, -0.1) is 11.3 Å². The van der Waals surface area contributed by atoms with E-state index in [0.29, 0.717) is 27.0 Å². The highest BCUT2D eigenvalue weighted by molar-refractivity contribution is 7.16. The minimum atomic E-state index is -0.426. The quantitative estimate of drug-likeness (QED) is 0.559. The molecule has 4 rings (SSSR count). The average molecular weight is 348 g/mol. The van der Waals surface area contributed by atoms with E-state index in [0.717, 1.165) is 0 Å². The van der Waals surface area contributed by atoms with Gasteiger partial charge in [0.15, 0.2) is 5.78 Å². The lowest BCUT2D eigenvalue weighted by atomic mass is 10.0. The Hall–Kier alpha value is -3.25. The number of nitrogens with zero attached hydrogens (tertiary/aromatic N) is 1. The molecule has 25 heavy (non-hydrogen) atoms. The molecule has 0 bridgehead atoms. The normalized spacial score (nSPS) is 10.7. The van der Waals surface area contributed by atoms with Gasteiger partial charge in [0.1, 0.15) is 4.83 Å². The van der Waals surface area contributed by atoms with Crippen molar-refractivity contribution in [3.63, 3.8) is 0 Å². The summed E-state index contributed by atoms with van der Waals surface area (Å²) in [7, 11) is 0. The van der Waals surface area contributed by atoms with Crippen LogP contribution in [0.15, 0.2) is 75.3 Å². The summed E-state index contributed by atoms with van der Waals surface area (Å²) in [5, 5.41) is 5.22. The number of anilines is 2. The number of aromatic nitrogens is 1. The number of fused-ring (bicyclic) bond motifs is 1. The fraction of sp³-hybridized carbons (Fsp3) is 0. The molecule has 5 nitrogen and oxygen atoms in total. The second-order valence-electron chi connectivity index (χ2n) is 5.34. The Morgan fingerprint density at radius 1 is 0.960 bits per heavy atom. The molecule has 0 aliphatic rings. The van der Waals surface area contributed by atoms with Crippen molar-refractivity contribution in [1.82, 2.24) is 4.98 Å². The monoisotopic (exact) mass is 348 g/mol. The van der Waals surface area contributed by atoms with Crippen molar-refractivity contribution in [1.29, 1.82) is 0 Å². The molecule has 0 atom stereocenters. The molecular weight excluding hydrogens is 336 g/mol. The molecule has 2 aromatic carbocycles. The minimum Gasteiger partial charge on any atom is -0.388 e. The van der Waals surface area contributed by atoms with Gasteiger partial charge in [-0.1, -0.05) is 30.3 Å². The molecule has 0 fully saturated rings. The summed E-state index contributed by atoms with van der Waals surface area (Å²) in [5.41, 5.74) is 1.47. The Labute approximate surface area is 146 Å². The lowest BCUT2D eigenvalue weighted by Crippen LogP contribution is -2.04. The molecule has 122 valence electrons. The largest absolute Gasteiger partial charge is 0.388 e. The van der Waals surface area contributed by atoms with Crippen LogP contribution in [0.2, 0.25) is 0 Å². The number of thiophene rings is 1. The van der Waals surface area contributed by atoms with E-state index in [9.17, 15) is 9.59 Å². The highest BCUT2D eigenvalue weighted by Gasteiger charge is 2.10. The van der Waals surface area contributed by atoms with Gasteiger partial charge in [0.2, 0.25) is 0 Å². The first kappa shape index (κ1) is 15.3. The van der Waals surface area contributed by atoms with Gasteiger partial charge in [0, 0.05) is 16.8 Å². The van der Waals surface area contributed by atoms with Gasteiger partial charge in [-0.05, 0) is 35.7 Å². The van der Waals surface area contributed by atoms with Crippen molar-refractivity contribution in [2.45, 2.75) is 0 Å². The predicted molar refractivity (Wildman–Crippen MR) is 97.8 cm³/mol. The molecule has 2 aromatic heterocycles. The lowest BCUT2D eigenvalue weighted by Gasteiger charge is -2.05. The molecule has 0 spiro atoms. The van der Waals surface area contributed by atoms with Crippen LogP contribution in [0, 0.1) is 0 Å². The molecule has 6 heteroatoms. The number of hydrogen-bond acceptors (Lipinski definition) is 6. The standard InChI is InChI=1S/C19H12N2O3S/c22-16(12-4-2-1-3-5-12)13-6-8-14(9-7-13)20-19-21-17-15(10-11-25-17)18(23)24-19/h1-11H,(H,20,21). The molecule has 0 saturated carbocycles.